The lowest BCUT2D eigenvalue weighted by molar-refractivity contribution is -0.379. The molecule has 0 radical (unpaired) electrons. The number of hydrogen-bond donors (Lipinski definition) is 12. The Kier molecular flexibility index (Phi) is 63.8. The van der Waals surface area contributed by atoms with Crippen LogP contribution in [0, 0.1) is 0 Å². The molecule has 3 aliphatic rings. The van der Waals surface area contributed by atoms with Crippen LogP contribution in [0.1, 0.15) is 399 Å². The summed E-state index contributed by atoms with van der Waals surface area (Å²) in [5, 5.41) is 121. The lowest BCUT2D eigenvalue weighted by Crippen LogP contribution is -2.66. The van der Waals surface area contributed by atoms with Gasteiger partial charge in [-0.15, -0.1) is 0 Å². The maximum absolute atomic E-state index is 13.5. The number of carbonyl (C=O) groups is 1. The molecule has 632 valence electrons. The van der Waals surface area contributed by atoms with Crippen molar-refractivity contribution in [2.75, 3.05) is 26.4 Å². The van der Waals surface area contributed by atoms with E-state index in [0.29, 0.717) is 6.42 Å². The van der Waals surface area contributed by atoms with E-state index in [4.69, 9.17) is 28.4 Å². The Morgan fingerprint density at radius 1 is 0.327 bits per heavy atom. The largest absolute Gasteiger partial charge is 0.394 e. The van der Waals surface area contributed by atoms with Crippen molar-refractivity contribution >= 4 is 5.91 Å². The molecule has 17 unspecified atom stereocenters. The first-order chi connectivity index (χ1) is 52.3. The van der Waals surface area contributed by atoms with Crippen molar-refractivity contribution in [2.45, 2.75) is 503 Å². The summed E-state index contributed by atoms with van der Waals surface area (Å²) >= 11 is 0. The van der Waals surface area contributed by atoms with Crippen molar-refractivity contribution in [3.63, 3.8) is 0 Å². The fourth-order valence-corrected chi connectivity index (χ4v) is 15.5. The van der Waals surface area contributed by atoms with Gasteiger partial charge in [-0.1, -0.05) is 372 Å². The van der Waals surface area contributed by atoms with Gasteiger partial charge in [-0.05, 0) is 44.9 Å². The lowest BCUT2D eigenvalue weighted by atomic mass is 9.96. The average Bonchev–Trinajstić information content (AvgIpc) is 0.781. The van der Waals surface area contributed by atoms with E-state index in [0.717, 1.165) is 44.9 Å². The molecule has 0 aromatic rings. The number of carbonyl (C=O) groups excluding carboxylic acids is 1. The first kappa shape index (κ1) is 99.5. The number of ether oxygens (including phenoxy) is 6. The summed E-state index contributed by atoms with van der Waals surface area (Å²) in [4.78, 5) is 13.5. The number of rotatable bonds is 74. The Labute approximate surface area is 651 Å². The molecule has 3 fully saturated rings. The molecule has 0 spiro atoms. The van der Waals surface area contributed by atoms with E-state index >= 15 is 0 Å². The molecule has 3 aliphatic heterocycles. The third-order valence-corrected chi connectivity index (χ3v) is 22.7. The molecule has 3 rings (SSSR count). The summed E-state index contributed by atoms with van der Waals surface area (Å²) in [7, 11) is 0. The van der Waals surface area contributed by atoms with Crippen LogP contribution < -0.4 is 5.32 Å². The first-order valence-corrected chi connectivity index (χ1v) is 45.1. The third-order valence-electron chi connectivity index (χ3n) is 22.7. The Morgan fingerprint density at radius 3 is 0.907 bits per heavy atom. The van der Waals surface area contributed by atoms with Gasteiger partial charge in [0.25, 0.3) is 0 Å². The number of hydrogen-bond acceptors (Lipinski definition) is 18. The van der Waals surface area contributed by atoms with Crippen LogP contribution in [0.4, 0.5) is 0 Å². The van der Waals surface area contributed by atoms with E-state index in [-0.39, 0.29) is 18.9 Å². The van der Waals surface area contributed by atoms with Gasteiger partial charge in [0, 0.05) is 6.42 Å². The average molecular weight is 1530 g/mol. The standard InChI is InChI=1S/C88H167NO18/c1-3-5-7-9-11-13-15-17-19-21-23-25-27-29-31-32-33-34-35-36-37-38-40-42-44-46-48-50-52-54-56-58-60-62-64-66-76(94)89-71(72(93)65-63-61-59-57-55-53-51-49-47-45-43-41-39-30-28-26-24-22-20-18-16-14-12-10-8-6-4-2)70-102-86-82(100)79(97)84(74(68-91)104-86)107-88-83(101)80(98)85(75(69-92)105-88)106-87-81(99)78(96)77(95)73(67-90)103-87/h21,23,63,65,71-75,77-88,90-93,95-101H,3-20,22,24-62,64,66-70H2,1-2H3,(H,89,94)/b23-21-,65-63+. The quantitative estimate of drug-likeness (QED) is 0.0199. The minimum Gasteiger partial charge on any atom is -0.394 e. The molecule has 1 amide bonds. The van der Waals surface area contributed by atoms with Crippen LogP contribution in [-0.2, 0) is 33.2 Å². The van der Waals surface area contributed by atoms with E-state index in [2.05, 4.69) is 31.3 Å². The molecule has 12 N–H and O–H groups in total. The Hall–Kier alpha value is -1.73. The third kappa shape index (κ3) is 47.7. The van der Waals surface area contributed by atoms with Gasteiger partial charge in [0.15, 0.2) is 18.9 Å². The molecular weight excluding hydrogens is 1360 g/mol. The highest BCUT2D eigenvalue weighted by Crippen LogP contribution is 2.34. The Balaban J connectivity index is 1.32. The molecule has 0 aromatic carbocycles. The van der Waals surface area contributed by atoms with E-state index in [1.54, 1.807) is 6.08 Å². The van der Waals surface area contributed by atoms with Gasteiger partial charge in [0.2, 0.25) is 5.91 Å². The fraction of sp³-hybridized carbons (Fsp3) is 0.943. The van der Waals surface area contributed by atoms with Crippen molar-refractivity contribution in [3.05, 3.63) is 24.3 Å². The van der Waals surface area contributed by atoms with Crippen LogP contribution in [-0.4, -0.2) is 193 Å². The second-order valence-corrected chi connectivity index (χ2v) is 32.4. The summed E-state index contributed by atoms with van der Waals surface area (Å²) in [6.45, 7) is 1.81. The van der Waals surface area contributed by atoms with Crippen LogP contribution in [0.25, 0.3) is 0 Å². The van der Waals surface area contributed by atoms with Crippen LogP contribution in [0.5, 0.6) is 0 Å². The SMILES string of the molecule is CCCCCCCCCC/C=C\CCCCCCCCCCCCCCCCCCCCCCCCCC(=O)NC(COC1OC(CO)C(OC2OC(CO)C(OC3OC(CO)C(O)C(O)C3O)C(O)C2O)C(O)C1O)C(O)/C=C/CCCCCCCCCCCCCCCCCCCCCCCCCCC. The summed E-state index contributed by atoms with van der Waals surface area (Å²) in [6.07, 6.45) is 59.1. The van der Waals surface area contributed by atoms with Crippen LogP contribution in [0.3, 0.4) is 0 Å². The van der Waals surface area contributed by atoms with Gasteiger partial charge in [0.05, 0.1) is 38.6 Å². The van der Waals surface area contributed by atoms with Gasteiger partial charge >= 0.3 is 0 Å². The second kappa shape index (κ2) is 68.7. The summed E-state index contributed by atoms with van der Waals surface area (Å²) in [5.41, 5.74) is 0. The highest BCUT2D eigenvalue weighted by Gasteiger charge is 2.54. The van der Waals surface area contributed by atoms with Gasteiger partial charge in [-0.25, -0.2) is 0 Å². The van der Waals surface area contributed by atoms with E-state index in [1.807, 2.05) is 6.08 Å². The zero-order valence-corrected chi connectivity index (χ0v) is 68.2. The van der Waals surface area contributed by atoms with E-state index in [9.17, 15) is 61.0 Å². The molecule has 107 heavy (non-hydrogen) atoms. The Bertz CT molecular complexity index is 2020. The predicted molar refractivity (Wildman–Crippen MR) is 430 cm³/mol. The smallest absolute Gasteiger partial charge is 0.220 e. The maximum atomic E-state index is 13.5. The van der Waals surface area contributed by atoms with Crippen LogP contribution in [0.2, 0.25) is 0 Å². The molecule has 0 aliphatic carbocycles. The van der Waals surface area contributed by atoms with Gasteiger partial charge in [0.1, 0.15) is 73.2 Å². The Morgan fingerprint density at radius 2 is 0.589 bits per heavy atom. The number of aliphatic hydroxyl groups excluding tert-OH is 11. The second-order valence-electron chi connectivity index (χ2n) is 32.4. The minimum absolute atomic E-state index is 0.249. The van der Waals surface area contributed by atoms with E-state index < -0.39 is 124 Å². The normalized spacial score (nSPS) is 25.6. The zero-order chi connectivity index (χ0) is 77.4. The maximum Gasteiger partial charge on any atom is 0.220 e. The zero-order valence-electron chi connectivity index (χ0n) is 68.2. The van der Waals surface area contributed by atoms with Gasteiger partial charge in [-0.3, -0.25) is 4.79 Å². The molecule has 19 heteroatoms. The molecule has 0 saturated carbocycles. The molecule has 19 nitrogen and oxygen atoms in total. The number of allylic oxidation sites excluding steroid dienone is 3. The van der Waals surface area contributed by atoms with Gasteiger partial charge in [-0.2, -0.15) is 0 Å². The topological polar surface area (TPSA) is 307 Å². The number of aliphatic hydroxyl groups is 11. The molecule has 0 aromatic heterocycles. The first-order valence-electron chi connectivity index (χ1n) is 45.1. The van der Waals surface area contributed by atoms with Crippen LogP contribution in [0.15, 0.2) is 24.3 Å². The van der Waals surface area contributed by atoms with Gasteiger partial charge < -0.3 is 89.9 Å². The monoisotopic (exact) mass is 1530 g/mol. The molecule has 3 saturated heterocycles. The highest BCUT2D eigenvalue weighted by molar-refractivity contribution is 5.76. The van der Waals surface area contributed by atoms with Crippen molar-refractivity contribution < 1.29 is 89.4 Å². The molecule has 0 bridgehead atoms. The molecular formula is C88H167NO18. The van der Waals surface area contributed by atoms with Crippen LogP contribution >= 0.6 is 0 Å². The van der Waals surface area contributed by atoms with E-state index in [1.165, 1.54) is 327 Å². The highest BCUT2D eigenvalue weighted by atomic mass is 16.8. The number of nitrogens with one attached hydrogen (secondary N) is 1. The lowest BCUT2D eigenvalue weighted by Gasteiger charge is -2.48. The van der Waals surface area contributed by atoms with Crippen molar-refractivity contribution in [2.24, 2.45) is 0 Å². The summed E-state index contributed by atoms with van der Waals surface area (Å²) in [6, 6.07) is -0.972. The summed E-state index contributed by atoms with van der Waals surface area (Å²) < 4.78 is 34.5. The summed E-state index contributed by atoms with van der Waals surface area (Å²) in [5.74, 6) is -0.266. The van der Waals surface area contributed by atoms with Crippen molar-refractivity contribution in [1.82, 2.24) is 5.32 Å². The number of unbranched alkanes of at least 4 members (excludes halogenated alkanes) is 56. The minimum atomic E-state index is -1.98. The van der Waals surface area contributed by atoms with Crippen molar-refractivity contribution in [1.29, 1.82) is 0 Å². The number of amides is 1. The van der Waals surface area contributed by atoms with Crippen molar-refractivity contribution in [3.8, 4) is 0 Å². The molecule has 3 heterocycles. The fourth-order valence-electron chi connectivity index (χ4n) is 15.5. The predicted octanol–water partition coefficient (Wildman–Crippen LogP) is 16.9. The molecule has 17 atom stereocenters.